The SMILES string of the molecule is CS(=O)(=O)CCC(NN)C1CCCOC1. The lowest BCUT2D eigenvalue weighted by atomic mass is 9.92. The highest BCUT2D eigenvalue weighted by molar-refractivity contribution is 7.90. The third-order valence-electron chi connectivity index (χ3n) is 2.78. The molecule has 0 bridgehead atoms. The second-order valence-electron chi connectivity index (χ2n) is 4.17. The van der Waals surface area contributed by atoms with E-state index in [2.05, 4.69) is 5.43 Å². The van der Waals surface area contributed by atoms with Crippen molar-refractivity contribution in [2.45, 2.75) is 25.3 Å². The van der Waals surface area contributed by atoms with Gasteiger partial charge in [-0.1, -0.05) is 0 Å². The van der Waals surface area contributed by atoms with Crippen LogP contribution in [-0.2, 0) is 14.6 Å². The first kappa shape index (κ1) is 12.9. The molecule has 0 aromatic carbocycles. The van der Waals surface area contributed by atoms with Gasteiger partial charge in [-0.2, -0.15) is 0 Å². The molecule has 0 aromatic heterocycles. The zero-order valence-corrected chi connectivity index (χ0v) is 9.92. The molecule has 1 heterocycles. The van der Waals surface area contributed by atoms with Gasteiger partial charge in [0.05, 0.1) is 12.4 Å². The summed E-state index contributed by atoms with van der Waals surface area (Å²) in [5, 5.41) is 0. The average molecular weight is 236 g/mol. The topological polar surface area (TPSA) is 81.4 Å². The van der Waals surface area contributed by atoms with Crippen molar-refractivity contribution in [3.05, 3.63) is 0 Å². The molecular weight excluding hydrogens is 216 g/mol. The van der Waals surface area contributed by atoms with Crippen LogP contribution in [0.5, 0.6) is 0 Å². The molecule has 1 rings (SSSR count). The van der Waals surface area contributed by atoms with Gasteiger partial charge in [0.1, 0.15) is 9.84 Å². The number of hydrogen-bond donors (Lipinski definition) is 2. The lowest BCUT2D eigenvalue weighted by Crippen LogP contribution is -2.44. The van der Waals surface area contributed by atoms with Crippen LogP contribution < -0.4 is 11.3 Å². The number of sulfone groups is 1. The van der Waals surface area contributed by atoms with E-state index in [9.17, 15) is 8.42 Å². The number of hydrogen-bond acceptors (Lipinski definition) is 5. The monoisotopic (exact) mass is 236 g/mol. The summed E-state index contributed by atoms with van der Waals surface area (Å²) in [5.41, 5.74) is 2.70. The molecule has 1 aliphatic rings. The molecule has 2 atom stereocenters. The van der Waals surface area contributed by atoms with Crippen LogP contribution in [0.4, 0.5) is 0 Å². The highest BCUT2D eigenvalue weighted by Crippen LogP contribution is 2.19. The number of hydrazine groups is 1. The van der Waals surface area contributed by atoms with E-state index in [-0.39, 0.29) is 11.8 Å². The maximum absolute atomic E-state index is 11.0. The summed E-state index contributed by atoms with van der Waals surface area (Å²) in [4.78, 5) is 0. The number of ether oxygens (including phenoxy) is 1. The van der Waals surface area contributed by atoms with Gasteiger partial charge in [0, 0.05) is 18.9 Å². The van der Waals surface area contributed by atoms with Crippen LogP contribution in [0.25, 0.3) is 0 Å². The number of nitrogens with one attached hydrogen (secondary N) is 1. The van der Waals surface area contributed by atoms with E-state index in [1.54, 1.807) is 0 Å². The van der Waals surface area contributed by atoms with Crippen LogP contribution in [0.2, 0.25) is 0 Å². The maximum Gasteiger partial charge on any atom is 0.147 e. The Morgan fingerprint density at radius 3 is 2.80 bits per heavy atom. The van der Waals surface area contributed by atoms with Crippen molar-refractivity contribution < 1.29 is 13.2 Å². The average Bonchev–Trinajstić information content (AvgIpc) is 2.19. The molecule has 0 saturated carbocycles. The predicted octanol–water partition coefficient (Wildman–Crippen LogP) is -0.320. The minimum absolute atomic E-state index is 0.0417. The van der Waals surface area contributed by atoms with E-state index in [1.165, 1.54) is 6.26 Å². The van der Waals surface area contributed by atoms with Crippen molar-refractivity contribution in [1.29, 1.82) is 0 Å². The summed E-state index contributed by atoms with van der Waals surface area (Å²) in [7, 11) is -2.90. The first-order valence-corrected chi connectivity index (χ1v) is 7.30. The summed E-state index contributed by atoms with van der Waals surface area (Å²) in [6.45, 7) is 1.48. The van der Waals surface area contributed by atoms with Gasteiger partial charge in [-0.05, 0) is 25.2 Å². The van der Waals surface area contributed by atoms with Crippen LogP contribution in [0, 0.1) is 5.92 Å². The Hall–Kier alpha value is -0.170. The fraction of sp³-hybridized carbons (Fsp3) is 1.00. The number of rotatable bonds is 5. The van der Waals surface area contributed by atoms with Gasteiger partial charge < -0.3 is 4.74 Å². The molecule has 3 N–H and O–H groups in total. The van der Waals surface area contributed by atoms with Crippen LogP contribution in [-0.4, -0.2) is 39.7 Å². The fourth-order valence-electron chi connectivity index (χ4n) is 1.88. The van der Waals surface area contributed by atoms with Crippen molar-refractivity contribution in [2.75, 3.05) is 25.2 Å². The van der Waals surface area contributed by atoms with Gasteiger partial charge in [0.15, 0.2) is 0 Å². The zero-order valence-electron chi connectivity index (χ0n) is 9.11. The molecule has 0 radical (unpaired) electrons. The normalized spacial score (nSPS) is 25.1. The summed E-state index contributed by atoms with van der Waals surface area (Å²) in [5.74, 6) is 5.95. The van der Waals surface area contributed by atoms with E-state index >= 15 is 0 Å². The number of nitrogens with two attached hydrogens (primary N) is 1. The van der Waals surface area contributed by atoms with Crippen LogP contribution >= 0.6 is 0 Å². The minimum Gasteiger partial charge on any atom is -0.381 e. The lowest BCUT2D eigenvalue weighted by molar-refractivity contribution is 0.0388. The Balaban J connectivity index is 2.40. The molecule has 0 spiro atoms. The van der Waals surface area contributed by atoms with Crippen LogP contribution in [0.1, 0.15) is 19.3 Å². The van der Waals surface area contributed by atoms with E-state index < -0.39 is 9.84 Å². The van der Waals surface area contributed by atoms with Crippen LogP contribution in [0.15, 0.2) is 0 Å². The van der Waals surface area contributed by atoms with Crippen molar-refractivity contribution in [3.63, 3.8) is 0 Å². The largest absolute Gasteiger partial charge is 0.381 e. The summed E-state index contributed by atoms with van der Waals surface area (Å²) in [6.07, 6.45) is 3.89. The maximum atomic E-state index is 11.0. The lowest BCUT2D eigenvalue weighted by Gasteiger charge is -2.29. The molecule has 1 aliphatic heterocycles. The Morgan fingerprint density at radius 2 is 2.33 bits per heavy atom. The van der Waals surface area contributed by atoms with E-state index in [0.29, 0.717) is 18.9 Å². The first-order chi connectivity index (χ1) is 7.03. The molecule has 0 amide bonds. The van der Waals surface area contributed by atoms with Crippen molar-refractivity contribution in [1.82, 2.24) is 5.43 Å². The molecule has 0 aromatic rings. The highest BCUT2D eigenvalue weighted by atomic mass is 32.2. The molecule has 1 fully saturated rings. The Labute approximate surface area is 91.3 Å². The minimum atomic E-state index is -2.90. The Bertz CT molecular complexity index is 273. The molecule has 90 valence electrons. The fourth-order valence-corrected chi connectivity index (χ4v) is 2.56. The van der Waals surface area contributed by atoms with E-state index in [0.717, 1.165) is 19.4 Å². The second kappa shape index (κ2) is 5.79. The third-order valence-corrected chi connectivity index (χ3v) is 3.76. The van der Waals surface area contributed by atoms with Crippen molar-refractivity contribution in [2.24, 2.45) is 11.8 Å². The smallest absolute Gasteiger partial charge is 0.147 e. The molecule has 6 heteroatoms. The first-order valence-electron chi connectivity index (χ1n) is 5.24. The van der Waals surface area contributed by atoms with Gasteiger partial charge in [-0.15, -0.1) is 0 Å². The molecular formula is C9H20N2O3S. The standard InChI is InChI=1S/C9H20N2O3S/c1-15(12,13)6-4-9(11-10)8-3-2-5-14-7-8/h8-9,11H,2-7,10H2,1H3. The van der Waals surface area contributed by atoms with E-state index in [1.807, 2.05) is 0 Å². The molecule has 15 heavy (non-hydrogen) atoms. The quantitative estimate of drug-likeness (QED) is 0.505. The Morgan fingerprint density at radius 1 is 1.60 bits per heavy atom. The second-order valence-corrected chi connectivity index (χ2v) is 6.43. The van der Waals surface area contributed by atoms with Crippen LogP contribution in [0.3, 0.4) is 0 Å². The van der Waals surface area contributed by atoms with Gasteiger partial charge in [-0.25, -0.2) is 8.42 Å². The van der Waals surface area contributed by atoms with Gasteiger partial charge in [0.25, 0.3) is 0 Å². The summed E-state index contributed by atoms with van der Waals surface area (Å²) in [6, 6.07) is 0.0417. The van der Waals surface area contributed by atoms with Crippen molar-refractivity contribution >= 4 is 9.84 Å². The van der Waals surface area contributed by atoms with Gasteiger partial charge in [0.2, 0.25) is 0 Å². The highest BCUT2D eigenvalue weighted by Gasteiger charge is 2.24. The Kier molecular flexibility index (Phi) is 4.98. The molecule has 5 nitrogen and oxygen atoms in total. The zero-order chi connectivity index (χ0) is 11.3. The van der Waals surface area contributed by atoms with E-state index in [4.69, 9.17) is 10.6 Å². The molecule has 1 saturated heterocycles. The summed E-state index contributed by atoms with van der Waals surface area (Å²) >= 11 is 0. The predicted molar refractivity (Wildman–Crippen MR) is 59.0 cm³/mol. The molecule has 2 unspecified atom stereocenters. The van der Waals surface area contributed by atoms with Crippen molar-refractivity contribution in [3.8, 4) is 0 Å². The molecule has 0 aliphatic carbocycles. The third kappa shape index (κ3) is 4.92. The van der Waals surface area contributed by atoms with Gasteiger partial charge >= 0.3 is 0 Å². The summed E-state index contributed by atoms with van der Waals surface area (Å²) < 4.78 is 27.4. The van der Waals surface area contributed by atoms with Gasteiger partial charge in [-0.3, -0.25) is 11.3 Å².